The molecular weight excluding hydrogens is 359 g/mol. The Bertz CT molecular complexity index is 1030. The second-order valence-electron chi connectivity index (χ2n) is 5.39. The Morgan fingerprint density at radius 2 is 1.73 bits per heavy atom. The van der Waals surface area contributed by atoms with Gasteiger partial charge in [0, 0.05) is 5.56 Å². The van der Waals surface area contributed by atoms with Gasteiger partial charge in [0.05, 0.1) is 12.0 Å². The molecule has 8 heteroatoms. The van der Waals surface area contributed by atoms with Gasteiger partial charge in [0.15, 0.2) is 0 Å². The van der Waals surface area contributed by atoms with E-state index in [0.29, 0.717) is 11.1 Å². The van der Waals surface area contributed by atoms with Crippen LogP contribution in [0.4, 0.5) is 10.2 Å². The number of aromatic nitrogens is 1. The molecule has 0 aliphatic rings. The summed E-state index contributed by atoms with van der Waals surface area (Å²) in [4.78, 5) is 14.8. The topological polar surface area (TPSA) is 88.3 Å². The first-order valence-corrected chi connectivity index (χ1v) is 9.04. The van der Waals surface area contributed by atoms with Crippen molar-refractivity contribution in [2.45, 2.75) is 4.90 Å². The van der Waals surface area contributed by atoms with Gasteiger partial charge >= 0.3 is 5.97 Å². The van der Waals surface area contributed by atoms with E-state index in [1.165, 1.54) is 49.6 Å². The minimum atomic E-state index is -3.83. The van der Waals surface area contributed by atoms with Crippen LogP contribution in [-0.2, 0) is 14.8 Å². The molecule has 0 spiro atoms. The zero-order valence-corrected chi connectivity index (χ0v) is 14.5. The standard InChI is InChI=1S/C18H15FN2O4S/c1-25-18(22)17-15(12-7-9-13(19)10-8-12)11-16(20-17)21-26(23,24)14-5-3-2-4-6-14/h2-11,20-21H,1H3. The molecule has 0 radical (unpaired) electrons. The van der Waals surface area contributed by atoms with Crippen molar-refractivity contribution >= 4 is 21.8 Å². The summed E-state index contributed by atoms with van der Waals surface area (Å²) in [6.45, 7) is 0. The average molecular weight is 374 g/mol. The molecule has 2 N–H and O–H groups in total. The summed E-state index contributed by atoms with van der Waals surface area (Å²) in [5, 5.41) is 0. The Morgan fingerprint density at radius 3 is 2.35 bits per heavy atom. The van der Waals surface area contributed by atoms with E-state index < -0.39 is 21.8 Å². The van der Waals surface area contributed by atoms with Crippen LogP contribution >= 0.6 is 0 Å². The number of esters is 1. The van der Waals surface area contributed by atoms with Gasteiger partial charge in [0.2, 0.25) is 0 Å². The second-order valence-corrected chi connectivity index (χ2v) is 7.07. The third kappa shape index (κ3) is 3.60. The number of ether oxygens (including phenoxy) is 1. The molecular formula is C18H15FN2O4S. The predicted molar refractivity (Wildman–Crippen MR) is 94.8 cm³/mol. The van der Waals surface area contributed by atoms with Crippen LogP contribution in [0.2, 0.25) is 0 Å². The van der Waals surface area contributed by atoms with Gasteiger partial charge in [-0.25, -0.2) is 17.6 Å². The highest BCUT2D eigenvalue weighted by Gasteiger charge is 2.21. The number of H-pyrrole nitrogens is 1. The molecule has 1 aromatic heterocycles. The van der Waals surface area contributed by atoms with Crippen LogP contribution < -0.4 is 4.72 Å². The van der Waals surface area contributed by atoms with Gasteiger partial charge < -0.3 is 9.72 Å². The maximum Gasteiger partial charge on any atom is 0.355 e. The lowest BCUT2D eigenvalue weighted by atomic mass is 10.1. The zero-order chi connectivity index (χ0) is 18.7. The molecule has 1 heterocycles. The largest absolute Gasteiger partial charge is 0.464 e. The van der Waals surface area contributed by atoms with Gasteiger partial charge in [0.1, 0.15) is 17.3 Å². The van der Waals surface area contributed by atoms with Crippen molar-refractivity contribution < 1.29 is 22.3 Å². The number of anilines is 1. The number of carbonyl (C=O) groups excluding carboxylic acids is 1. The van der Waals surface area contributed by atoms with Crippen LogP contribution in [0.1, 0.15) is 10.5 Å². The van der Waals surface area contributed by atoms with E-state index in [9.17, 15) is 17.6 Å². The van der Waals surface area contributed by atoms with E-state index in [-0.39, 0.29) is 16.4 Å². The monoisotopic (exact) mass is 374 g/mol. The first kappa shape index (κ1) is 17.7. The summed E-state index contributed by atoms with van der Waals surface area (Å²) in [7, 11) is -2.62. The van der Waals surface area contributed by atoms with Gasteiger partial charge in [-0.15, -0.1) is 0 Å². The first-order valence-electron chi connectivity index (χ1n) is 7.56. The van der Waals surface area contributed by atoms with Gasteiger partial charge in [-0.05, 0) is 35.9 Å². The average Bonchev–Trinajstić information content (AvgIpc) is 3.05. The molecule has 6 nitrogen and oxygen atoms in total. The molecule has 26 heavy (non-hydrogen) atoms. The minimum Gasteiger partial charge on any atom is -0.464 e. The zero-order valence-electron chi connectivity index (χ0n) is 13.7. The fourth-order valence-corrected chi connectivity index (χ4v) is 3.47. The van der Waals surface area contributed by atoms with Gasteiger partial charge in [-0.1, -0.05) is 30.3 Å². The summed E-state index contributed by atoms with van der Waals surface area (Å²) in [5.74, 6) is -1.00. The number of rotatable bonds is 5. The lowest BCUT2D eigenvalue weighted by Gasteiger charge is -2.05. The van der Waals surface area contributed by atoms with E-state index >= 15 is 0 Å². The van der Waals surface area contributed by atoms with Crippen molar-refractivity contribution in [2.24, 2.45) is 0 Å². The fourth-order valence-electron chi connectivity index (χ4n) is 2.43. The Balaban J connectivity index is 2.01. The molecule has 3 aromatic rings. The maximum absolute atomic E-state index is 13.2. The number of sulfonamides is 1. The lowest BCUT2D eigenvalue weighted by Crippen LogP contribution is -2.13. The summed E-state index contributed by atoms with van der Waals surface area (Å²) in [6, 6.07) is 14.7. The number of benzene rings is 2. The summed E-state index contributed by atoms with van der Waals surface area (Å²) in [5.41, 5.74) is 0.987. The van der Waals surface area contributed by atoms with Crippen molar-refractivity contribution in [3.63, 3.8) is 0 Å². The van der Waals surface area contributed by atoms with Crippen molar-refractivity contribution in [1.29, 1.82) is 0 Å². The van der Waals surface area contributed by atoms with Crippen molar-refractivity contribution in [3.05, 3.63) is 72.2 Å². The summed E-state index contributed by atoms with van der Waals surface area (Å²) < 4.78 is 45.2. The Hall–Kier alpha value is -3.13. The summed E-state index contributed by atoms with van der Waals surface area (Å²) in [6.07, 6.45) is 0. The Morgan fingerprint density at radius 1 is 1.08 bits per heavy atom. The molecule has 2 aromatic carbocycles. The van der Waals surface area contributed by atoms with E-state index in [1.54, 1.807) is 18.2 Å². The van der Waals surface area contributed by atoms with E-state index in [1.807, 2.05) is 0 Å². The van der Waals surface area contributed by atoms with Crippen LogP contribution in [0.5, 0.6) is 0 Å². The van der Waals surface area contributed by atoms with Crippen molar-refractivity contribution in [2.75, 3.05) is 11.8 Å². The fraction of sp³-hybridized carbons (Fsp3) is 0.0556. The number of aromatic amines is 1. The highest BCUT2D eigenvalue weighted by Crippen LogP contribution is 2.29. The van der Waals surface area contributed by atoms with Crippen LogP contribution in [0.15, 0.2) is 65.6 Å². The number of carbonyl (C=O) groups is 1. The Labute approximate surface area is 149 Å². The number of hydrogen-bond donors (Lipinski definition) is 2. The number of nitrogens with one attached hydrogen (secondary N) is 2. The van der Waals surface area contributed by atoms with Crippen LogP contribution in [0.25, 0.3) is 11.1 Å². The first-order chi connectivity index (χ1) is 12.4. The molecule has 3 rings (SSSR count). The molecule has 0 aliphatic heterocycles. The van der Waals surface area contributed by atoms with Crippen LogP contribution in [-0.4, -0.2) is 26.5 Å². The second kappa shape index (κ2) is 7.01. The third-order valence-corrected chi connectivity index (χ3v) is 5.04. The third-order valence-electron chi connectivity index (χ3n) is 3.66. The highest BCUT2D eigenvalue weighted by molar-refractivity contribution is 7.92. The van der Waals surface area contributed by atoms with Gasteiger partial charge in [-0.3, -0.25) is 4.72 Å². The van der Waals surface area contributed by atoms with Crippen LogP contribution in [0, 0.1) is 5.82 Å². The Kier molecular flexibility index (Phi) is 4.77. The van der Waals surface area contributed by atoms with E-state index in [2.05, 4.69) is 9.71 Å². The smallest absolute Gasteiger partial charge is 0.355 e. The molecule has 0 fully saturated rings. The van der Waals surface area contributed by atoms with Gasteiger partial charge in [-0.2, -0.15) is 0 Å². The number of halogens is 1. The molecule has 0 bridgehead atoms. The van der Waals surface area contributed by atoms with Crippen LogP contribution in [0.3, 0.4) is 0 Å². The minimum absolute atomic E-state index is 0.0601. The van der Waals surface area contributed by atoms with Gasteiger partial charge in [0.25, 0.3) is 10.0 Å². The molecule has 0 atom stereocenters. The maximum atomic E-state index is 13.2. The molecule has 0 saturated carbocycles. The predicted octanol–water partition coefficient (Wildman–Crippen LogP) is 3.41. The molecule has 0 aliphatic carbocycles. The van der Waals surface area contributed by atoms with E-state index in [4.69, 9.17) is 4.74 Å². The normalized spacial score (nSPS) is 11.2. The van der Waals surface area contributed by atoms with E-state index in [0.717, 1.165) is 0 Å². The number of methoxy groups -OCH3 is 1. The molecule has 0 saturated heterocycles. The molecule has 134 valence electrons. The lowest BCUT2D eigenvalue weighted by molar-refractivity contribution is 0.0596. The summed E-state index contributed by atoms with van der Waals surface area (Å²) >= 11 is 0. The quantitative estimate of drug-likeness (QED) is 0.670. The SMILES string of the molecule is COC(=O)c1[nH]c(NS(=O)(=O)c2ccccc2)cc1-c1ccc(F)cc1. The van der Waals surface area contributed by atoms with Crippen molar-refractivity contribution in [1.82, 2.24) is 4.98 Å². The molecule has 0 amide bonds. The molecule has 0 unspecified atom stereocenters. The van der Waals surface area contributed by atoms with Crippen molar-refractivity contribution in [3.8, 4) is 11.1 Å². The highest BCUT2D eigenvalue weighted by atomic mass is 32.2. The number of hydrogen-bond acceptors (Lipinski definition) is 4.